The van der Waals surface area contributed by atoms with Crippen molar-refractivity contribution in [3.8, 4) is 0 Å². The summed E-state index contributed by atoms with van der Waals surface area (Å²) < 4.78 is 5.68. The van der Waals surface area contributed by atoms with Gasteiger partial charge in [-0.2, -0.15) is 0 Å². The number of nitrogens with two attached hydrogens (primary N) is 3. The number of fused-ring (bicyclic) bond motifs is 1. The lowest BCUT2D eigenvalue weighted by molar-refractivity contribution is -0.156. The minimum atomic E-state index is -2.45. The maximum absolute atomic E-state index is 14.8. The molecule has 0 saturated carbocycles. The van der Waals surface area contributed by atoms with Gasteiger partial charge < -0.3 is 111 Å². The molecule has 43 nitrogen and oxygen atoms in total. The summed E-state index contributed by atoms with van der Waals surface area (Å²) in [6, 6.07) is -10.4. The lowest BCUT2D eigenvalue weighted by atomic mass is 9.96. The molecule has 115 heavy (non-hydrogen) atoms. The van der Waals surface area contributed by atoms with Crippen LogP contribution >= 0.6 is 0 Å². The molecule has 2 heterocycles. The van der Waals surface area contributed by atoms with E-state index in [-0.39, 0.29) is 37.1 Å². The summed E-state index contributed by atoms with van der Waals surface area (Å²) in [4.78, 5) is 276. The van der Waals surface area contributed by atoms with Gasteiger partial charge in [-0.25, -0.2) is 9.59 Å². The zero-order valence-electron chi connectivity index (χ0n) is 63.6. The van der Waals surface area contributed by atoms with Crippen LogP contribution in [0.3, 0.4) is 0 Å². The number of amides is 14. The molecule has 630 valence electrons. The molecule has 4 rings (SSSR count). The number of para-hydroxylation sites is 2. The molecule has 0 unspecified atom stereocenters. The first-order valence-corrected chi connectivity index (χ1v) is 36.8. The van der Waals surface area contributed by atoms with E-state index < -0.39 is 261 Å². The summed E-state index contributed by atoms with van der Waals surface area (Å²) in [5.41, 5.74) is 18.1. The van der Waals surface area contributed by atoms with Crippen LogP contribution < -0.4 is 86.3 Å². The van der Waals surface area contributed by atoms with Crippen molar-refractivity contribution in [3.63, 3.8) is 0 Å². The first-order valence-electron chi connectivity index (χ1n) is 36.8. The third-order valence-electron chi connectivity index (χ3n) is 17.9. The van der Waals surface area contributed by atoms with E-state index in [0.717, 1.165) is 52.9 Å². The molecule has 14 amide bonds. The van der Waals surface area contributed by atoms with Gasteiger partial charge in [0, 0.05) is 47.6 Å². The summed E-state index contributed by atoms with van der Waals surface area (Å²) in [5, 5.41) is 78.8. The second-order valence-electron chi connectivity index (χ2n) is 27.3. The number of carbonyl (C=O) groups is 20. The fourth-order valence-corrected chi connectivity index (χ4v) is 11.7. The number of hydrogen-bond acceptors (Lipinski definition) is 25. The van der Waals surface area contributed by atoms with Gasteiger partial charge >= 0.3 is 29.8 Å². The van der Waals surface area contributed by atoms with E-state index >= 15 is 0 Å². The number of rotatable bonds is 34. The molecule has 13 atom stereocenters. The number of aromatic amines is 1. The number of esters is 1. The standard InChI is InChI=1S/C72H101N17O26/c1-5-6-7-8-9-10-11-22-53(93)81-44(25-38-31-76-42-20-15-13-17-39(38)42)65(106)82-45(27-52(75)92)66(107)84-47(30-59(101)102)67(108)89-61-37(4)115-72(114)49(26-51(91)40-18-12-14-19-41(40)74)86-70(111)60(35(2)24-57(97)98)88-68(109)50(34-90)77-32-56(96)87-54(94)28-48(71(112)113)85-62(103)36(3)79-64(105)46(29-58(99)100)83-63(104)43(21-16-23-73)80-55(95)33-78-69(61)110/h12-15,17-20,31,35-37,43-50,60-61,76-77,90H,5-11,16,21-30,32-34,73-74H2,1-4H3,(H2,75,92)(H,78,110)(H,79,105)(H,80,95)(H,81,93)(H,82,106)(H,83,104)(H,84,107)(H,85,103)(H,86,111)(H,88,109)(H,89,108)(H,97,98)(H,99,100)(H,101,102)(H,112,113)(H,87,94,96)/t35-,36-,37-,43+,44+,45-,46+,47+,48+,49+,50-,60+,61+/m1/s1. The average Bonchev–Trinajstić information content (AvgIpc) is 1.78. The third-order valence-corrected chi connectivity index (χ3v) is 17.9. The van der Waals surface area contributed by atoms with Gasteiger partial charge in [-0.3, -0.25) is 96.9 Å². The van der Waals surface area contributed by atoms with Crippen LogP contribution in [0.1, 0.15) is 146 Å². The second kappa shape index (κ2) is 47.7. The number of primary amides is 1. The number of carbonyl (C=O) groups excluding carboxylic acids is 16. The van der Waals surface area contributed by atoms with E-state index in [0.29, 0.717) is 29.3 Å². The molecule has 0 spiro atoms. The third kappa shape index (κ3) is 32.6. The maximum Gasteiger partial charge on any atom is 0.329 e. The number of H-pyrrole nitrogens is 1. The Bertz CT molecular complexity index is 4040. The zero-order chi connectivity index (χ0) is 85.8. The summed E-state index contributed by atoms with van der Waals surface area (Å²) in [6.45, 7) is 1.31. The number of imide groups is 1. The van der Waals surface area contributed by atoms with E-state index in [2.05, 4.69) is 70.4 Å². The lowest BCUT2D eigenvalue weighted by Crippen LogP contribution is -2.62. The number of nitrogen functional groups attached to an aromatic ring is 1. The van der Waals surface area contributed by atoms with Crippen molar-refractivity contribution in [2.45, 2.75) is 209 Å². The number of anilines is 1. The van der Waals surface area contributed by atoms with E-state index in [9.17, 15) is 121 Å². The molecule has 1 fully saturated rings. The molecule has 2 aromatic carbocycles. The molecule has 1 aromatic heterocycles. The Morgan fingerprint density at radius 1 is 0.591 bits per heavy atom. The van der Waals surface area contributed by atoms with Crippen LogP contribution in [-0.2, 0) is 102 Å². The number of cyclic esters (lactones) is 1. The minimum absolute atomic E-state index is 0.0187. The number of aliphatic hydroxyl groups is 1. The Kier molecular flexibility index (Phi) is 39.4. The Hall–Kier alpha value is -12.5. The number of hydrogen-bond donors (Lipinski definition) is 22. The highest BCUT2D eigenvalue weighted by Gasteiger charge is 2.41. The summed E-state index contributed by atoms with van der Waals surface area (Å²) in [6.07, 6.45) is -2.30. The number of nitrogens with one attached hydrogen (secondary N) is 14. The second-order valence-corrected chi connectivity index (χ2v) is 27.3. The van der Waals surface area contributed by atoms with Crippen LogP contribution in [0.25, 0.3) is 10.9 Å². The van der Waals surface area contributed by atoms with Crippen molar-refractivity contribution in [1.29, 1.82) is 0 Å². The number of aliphatic hydroxyl groups excluding tert-OH is 1. The Labute approximate surface area is 657 Å². The van der Waals surface area contributed by atoms with E-state index in [1.165, 1.54) is 24.3 Å². The van der Waals surface area contributed by atoms with Gasteiger partial charge in [0.05, 0.1) is 51.8 Å². The average molecular weight is 1620 g/mol. The molecule has 1 aliphatic rings. The SMILES string of the molecule is CCCCCCCCCC(=O)N[C@@H](Cc1c[nH]c2ccccc12)C(=O)N[C@H](CC(N)=O)C(=O)N[C@@H](CC(=O)O)C(=O)N[C@@H]1C(=O)NCC(=O)N[C@@H](CCCN)C(=O)N[C@@H](CC(=O)O)C(=O)N[C@H](C)C(=O)N[C@H](C(=O)O)CC(=O)NC(=O)CN[C@H](CO)C(=O)N[C@@H]([C@H](C)CC(=O)O)C(=O)N[C@@H](CC(=O)c2ccccc2N)C(=O)O[C@@H]1C. The predicted molar refractivity (Wildman–Crippen MR) is 400 cm³/mol. The van der Waals surface area contributed by atoms with Crippen LogP contribution in [0.15, 0.2) is 54.7 Å². The van der Waals surface area contributed by atoms with Gasteiger partial charge in [0.1, 0.15) is 72.6 Å². The fraction of sp³-hybridized carbons (Fsp3) is 0.528. The van der Waals surface area contributed by atoms with Crippen LogP contribution in [0.2, 0.25) is 0 Å². The van der Waals surface area contributed by atoms with Gasteiger partial charge in [0.2, 0.25) is 82.7 Å². The molecule has 43 heteroatoms. The van der Waals surface area contributed by atoms with Gasteiger partial charge in [-0.15, -0.1) is 0 Å². The van der Waals surface area contributed by atoms with Crippen molar-refractivity contribution in [2.24, 2.45) is 17.4 Å². The molecule has 1 aliphatic heterocycles. The Morgan fingerprint density at radius 3 is 1.83 bits per heavy atom. The van der Waals surface area contributed by atoms with Crippen molar-refractivity contribution >= 4 is 135 Å². The van der Waals surface area contributed by atoms with Crippen molar-refractivity contribution in [3.05, 3.63) is 65.9 Å². The Balaban J connectivity index is 1.87. The fourth-order valence-electron chi connectivity index (χ4n) is 11.7. The van der Waals surface area contributed by atoms with Crippen molar-refractivity contribution < 1.29 is 126 Å². The first kappa shape index (κ1) is 94.8. The van der Waals surface area contributed by atoms with Crippen LogP contribution in [0.4, 0.5) is 5.69 Å². The molecule has 25 N–H and O–H groups in total. The van der Waals surface area contributed by atoms with E-state index in [1.54, 1.807) is 35.8 Å². The maximum atomic E-state index is 14.8. The lowest BCUT2D eigenvalue weighted by Gasteiger charge is -2.30. The van der Waals surface area contributed by atoms with Crippen LogP contribution in [0.5, 0.6) is 0 Å². The molecular formula is C72H101N17O26. The number of aliphatic carboxylic acids is 4. The molecular weight excluding hydrogens is 1520 g/mol. The van der Waals surface area contributed by atoms with Crippen molar-refractivity contribution in [2.75, 3.05) is 32.0 Å². The number of unbranched alkanes of at least 4 members (excludes halogenated alkanes) is 6. The number of carboxylic acids is 4. The van der Waals surface area contributed by atoms with Gasteiger partial charge in [-0.1, -0.05) is 82.7 Å². The number of ketones is 1. The smallest absolute Gasteiger partial charge is 0.329 e. The largest absolute Gasteiger partial charge is 0.481 e. The summed E-state index contributed by atoms with van der Waals surface area (Å²) in [5.74, 6) is -29.7. The first-order chi connectivity index (χ1) is 54.4. The number of carboxylic acid groups (broad SMARTS) is 4. The zero-order valence-corrected chi connectivity index (χ0v) is 63.6. The number of aromatic nitrogens is 1. The Morgan fingerprint density at radius 2 is 1.20 bits per heavy atom. The highest BCUT2D eigenvalue weighted by Crippen LogP contribution is 2.22. The number of Topliss-reactive ketones (excluding diaryl/α,β-unsaturated/α-hetero) is 1. The monoisotopic (exact) mass is 1620 g/mol. The molecule has 1 saturated heterocycles. The van der Waals surface area contributed by atoms with Crippen LogP contribution in [0, 0.1) is 5.92 Å². The topological polar surface area (TPSA) is 702 Å². The molecule has 0 bridgehead atoms. The minimum Gasteiger partial charge on any atom is -0.481 e. The number of ether oxygens (including phenoxy) is 1. The van der Waals surface area contributed by atoms with Gasteiger partial charge in [0.15, 0.2) is 5.78 Å². The predicted octanol–water partition coefficient (Wildman–Crippen LogP) is -5.62. The highest BCUT2D eigenvalue weighted by atomic mass is 16.5. The van der Waals surface area contributed by atoms with Crippen molar-refractivity contribution in [1.82, 2.24) is 74.1 Å². The normalized spacial score (nSPS) is 21.4. The van der Waals surface area contributed by atoms with Gasteiger partial charge in [0.25, 0.3) is 0 Å². The summed E-state index contributed by atoms with van der Waals surface area (Å²) >= 11 is 0. The van der Waals surface area contributed by atoms with Crippen LogP contribution in [-0.4, -0.2) is 248 Å². The molecule has 0 radical (unpaired) electrons. The van der Waals surface area contributed by atoms with E-state index in [1.807, 2.05) is 5.32 Å². The number of benzene rings is 2. The molecule has 3 aromatic rings. The quantitative estimate of drug-likeness (QED) is 0.00871. The summed E-state index contributed by atoms with van der Waals surface area (Å²) in [7, 11) is 0. The van der Waals surface area contributed by atoms with E-state index in [4.69, 9.17) is 21.9 Å². The van der Waals surface area contributed by atoms with Gasteiger partial charge in [-0.05, 0) is 69.3 Å². The molecule has 0 aliphatic carbocycles. The highest BCUT2D eigenvalue weighted by molar-refractivity contribution is 6.05.